The Balaban J connectivity index is 1.56. The van der Waals surface area contributed by atoms with Crippen molar-refractivity contribution in [3.05, 3.63) is 48.2 Å². The summed E-state index contributed by atoms with van der Waals surface area (Å²) in [5.41, 5.74) is 0.880. The quantitative estimate of drug-likeness (QED) is 0.651. The van der Waals surface area contributed by atoms with Gasteiger partial charge in [-0.15, -0.1) is 10.2 Å². The summed E-state index contributed by atoms with van der Waals surface area (Å²) in [5.74, 6) is 1.50. The van der Waals surface area contributed by atoms with Gasteiger partial charge in [0, 0.05) is 12.8 Å². The summed E-state index contributed by atoms with van der Waals surface area (Å²) in [6.07, 6.45) is 0.844. The lowest BCUT2D eigenvalue weighted by Gasteiger charge is -2.12. The Hall–Kier alpha value is -2.32. The molecule has 2 heterocycles. The molecule has 132 valence electrons. The monoisotopic (exact) mass is 363 g/mol. The van der Waals surface area contributed by atoms with Crippen molar-refractivity contribution in [2.24, 2.45) is 7.05 Å². The van der Waals surface area contributed by atoms with Gasteiger partial charge >= 0.3 is 0 Å². The number of aliphatic hydroxyl groups excluding tert-OH is 1. The first-order chi connectivity index (χ1) is 12.1. The maximum absolute atomic E-state index is 13.5. The van der Waals surface area contributed by atoms with Crippen molar-refractivity contribution in [1.29, 1.82) is 0 Å². The summed E-state index contributed by atoms with van der Waals surface area (Å²) in [7, 11) is 1.85. The summed E-state index contributed by atoms with van der Waals surface area (Å²) in [5, 5.41) is 19.0. The first-order valence-corrected chi connectivity index (χ1v) is 8.67. The molecule has 8 heteroatoms. The zero-order valence-electron chi connectivity index (χ0n) is 13.8. The third kappa shape index (κ3) is 4.02. The number of hydrogen-bond donors (Lipinski definition) is 1. The van der Waals surface area contributed by atoms with Crippen LogP contribution >= 0.6 is 11.8 Å². The summed E-state index contributed by atoms with van der Waals surface area (Å²) in [6, 6.07) is 7.94. The maximum atomic E-state index is 13.5. The molecule has 0 saturated heterocycles. The van der Waals surface area contributed by atoms with Crippen molar-refractivity contribution in [3.63, 3.8) is 0 Å². The summed E-state index contributed by atoms with van der Waals surface area (Å²) in [4.78, 5) is 0. The molecule has 2 aromatic heterocycles. The Morgan fingerprint density at radius 2 is 2.12 bits per heavy atom. The Morgan fingerprint density at radius 1 is 1.32 bits per heavy atom. The molecule has 0 bridgehead atoms. The van der Waals surface area contributed by atoms with Crippen molar-refractivity contribution in [1.82, 2.24) is 14.8 Å². The average Bonchev–Trinajstić information content (AvgIpc) is 3.17. The second-order valence-electron chi connectivity index (χ2n) is 5.46. The van der Waals surface area contributed by atoms with E-state index in [0.717, 1.165) is 11.3 Å². The number of furan rings is 1. The van der Waals surface area contributed by atoms with Gasteiger partial charge in [0.15, 0.2) is 22.5 Å². The highest BCUT2D eigenvalue weighted by Crippen LogP contribution is 2.26. The highest BCUT2D eigenvalue weighted by atomic mass is 32.2. The topological polar surface area (TPSA) is 73.3 Å². The number of ether oxygens (including phenoxy) is 1. The van der Waals surface area contributed by atoms with Crippen LogP contribution in [0.15, 0.2) is 46.2 Å². The minimum Gasteiger partial charge on any atom is -0.488 e. The van der Waals surface area contributed by atoms with E-state index >= 15 is 0 Å². The van der Waals surface area contributed by atoms with E-state index in [9.17, 15) is 9.50 Å². The highest BCUT2D eigenvalue weighted by molar-refractivity contribution is 7.99. The molecular weight excluding hydrogens is 345 g/mol. The molecular formula is C17H18FN3O3S. The lowest BCUT2D eigenvalue weighted by Crippen LogP contribution is -2.20. The van der Waals surface area contributed by atoms with Crippen LogP contribution < -0.4 is 4.74 Å². The largest absolute Gasteiger partial charge is 0.488 e. The van der Waals surface area contributed by atoms with E-state index in [1.165, 1.54) is 23.9 Å². The number of benzene rings is 1. The lowest BCUT2D eigenvalue weighted by atomic mass is 10.2. The first-order valence-electron chi connectivity index (χ1n) is 7.68. The van der Waals surface area contributed by atoms with E-state index < -0.39 is 11.9 Å². The van der Waals surface area contributed by atoms with Crippen LogP contribution in [-0.2, 0) is 7.05 Å². The van der Waals surface area contributed by atoms with Gasteiger partial charge in [0.25, 0.3) is 0 Å². The molecule has 1 aromatic carbocycles. The predicted molar refractivity (Wildman–Crippen MR) is 92.1 cm³/mol. The third-order valence-corrected chi connectivity index (χ3v) is 4.77. The molecule has 0 amide bonds. The molecule has 1 N–H and O–H groups in total. The van der Waals surface area contributed by atoms with E-state index in [1.807, 2.05) is 24.6 Å². The highest BCUT2D eigenvalue weighted by Gasteiger charge is 2.16. The molecule has 0 saturated carbocycles. The number of aromatic nitrogens is 3. The molecule has 1 atom stereocenters. The lowest BCUT2D eigenvalue weighted by molar-refractivity contribution is 0.123. The molecule has 25 heavy (non-hydrogen) atoms. The minimum absolute atomic E-state index is 0.000515. The van der Waals surface area contributed by atoms with E-state index in [-0.39, 0.29) is 12.4 Å². The number of thioether (sulfide) groups is 1. The van der Waals surface area contributed by atoms with Crippen LogP contribution in [0.25, 0.3) is 11.4 Å². The van der Waals surface area contributed by atoms with Crippen LogP contribution in [0.2, 0.25) is 0 Å². The number of halogens is 1. The van der Waals surface area contributed by atoms with E-state index in [2.05, 4.69) is 10.2 Å². The van der Waals surface area contributed by atoms with Gasteiger partial charge in [-0.2, -0.15) is 0 Å². The van der Waals surface area contributed by atoms with E-state index in [4.69, 9.17) is 9.15 Å². The van der Waals surface area contributed by atoms with Crippen molar-refractivity contribution >= 4 is 11.8 Å². The number of aryl methyl sites for hydroxylation is 1. The SMILES string of the molecule is Cc1occc1-c1nnc(SC[C@@H](O)COc2ccccc2F)n1C. The van der Waals surface area contributed by atoms with Crippen molar-refractivity contribution < 1.29 is 18.7 Å². The van der Waals surface area contributed by atoms with Gasteiger partial charge in [-0.25, -0.2) is 4.39 Å². The fourth-order valence-electron chi connectivity index (χ4n) is 2.26. The zero-order valence-corrected chi connectivity index (χ0v) is 14.7. The van der Waals surface area contributed by atoms with Gasteiger partial charge in [-0.05, 0) is 25.1 Å². The second kappa shape index (κ2) is 7.71. The third-order valence-electron chi connectivity index (χ3n) is 3.61. The number of aliphatic hydroxyl groups is 1. The molecule has 0 spiro atoms. The molecule has 0 aliphatic rings. The number of rotatable bonds is 7. The molecule has 0 unspecified atom stereocenters. The van der Waals surface area contributed by atoms with Gasteiger partial charge in [0.2, 0.25) is 0 Å². The Bertz CT molecular complexity index is 849. The number of para-hydroxylation sites is 1. The van der Waals surface area contributed by atoms with Crippen LogP contribution in [0, 0.1) is 12.7 Å². The zero-order chi connectivity index (χ0) is 17.8. The Labute approximate surface area is 148 Å². The molecule has 0 aliphatic carbocycles. The van der Waals surface area contributed by atoms with Gasteiger partial charge in [0.1, 0.15) is 12.4 Å². The average molecular weight is 363 g/mol. The number of hydrogen-bond acceptors (Lipinski definition) is 6. The molecule has 0 aliphatic heterocycles. The van der Waals surface area contributed by atoms with E-state index in [0.29, 0.717) is 16.7 Å². The number of nitrogens with zero attached hydrogens (tertiary/aromatic N) is 3. The Kier molecular flexibility index (Phi) is 5.40. The van der Waals surface area contributed by atoms with E-state index in [1.54, 1.807) is 18.4 Å². The van der Waals surface area contributed by atoms with Crippen molar-refractivity contribution in [2.75, 3.05) is 12.4 Å². The normalized spacial score (nSPS) is 12.3. The van der Waals surface area contributed by atoms with Crippen molar-refractivity contribution in [3.8, 4) is 17.1 Å². The Morgan fingerprint density at radius 3 is 2.84 bits per heavy atom. The molecule has 3 rings (SSSR count). The summed E-state index contributed by atoms with van der Waals surface area (Å²) >= 11 is 1.35. The van der Waals surface area contributed by atoms with Crippen molar-refractivity contribution in [2.45, 2.75) is 18.2 Å². The summed E-state index contributed by atoms with van der Waals surface area (Å²) in [6.45, 7) is 1.86. The first kappa shape index (κ1) is 17.5. The van der Waals surface area contributed by atoms with Gasteiger partial charge in [-0.3, -0.25) is 0 Å². The van der Waals surface area contributed by atoms with Crippen LogP contribution in [0.3, 0.4) is 0 Å². The van der Waals surface area contributed by atoms with Crippen LogP contribution in [-0.4, -0.2) is 38.3 Å². The molecule has 3 aromatic rings. The minimum atomic E-state index is -0.764. The van der Waals surface area contributed by atoms with Crippen LogP contribution in [0.5, 0.6) is 5.75 Å². The molecule has 0 fully saturated rings. The molecule has 0 radical (unpaired) electrons. The molecule has 6 nitrogen and oxygen atoms in total. The predicted octanol–water partition coefficient (Wildman–Crippen LogP) is 3.05. The van der Waals surface area contributed by atoms with Crippen LogP contribution in [0.1, 0.15) is 5.76 Å². The maximum Gasteiger partial charge on any atom is 0.191 e. The fourth-order valence-corrected chi connectivity index (χ4v) is 3.08. The van der Waals surface area contributed by atoms with Gasteiger partial charge in [0.05, 0.1) is 17.9 Å². The fraction of sp³-hybridized carbons (Fsp3) is 0.294. The smallest absolute Gasteiger partial charge is 0.191 e. The van der Waals surface area contributed by atoms with Crippen LogP contribution in [0.4, 0.5) is 4.39 Å². The second-order valence-corrected chi connectivity index (χ2v) is 6.45. The van der Waals surface area contributed by atoms with Gasteiger partial charge in [-0.1, -0.05) is 23.9 Å². The summed E-state index contributed by atoms with van der Waals surface area (Å²) < 4.78 is 25.9. The standard InChI is InChI=1S/C17H18FN3O3S/c1-11-13(7-8-23-11)16-19-20-17(21(16)2)25-10-12(22)9-24-15-6-4-3-5-14(15)18/h3-8,12,22H,9-10H2,1-2H3/t12-/m0/s1. The van der Waals surface area contributed by atoms with Gasteiger partial charge < -0.3 is 18.8 Å².